The first kappa shape index (κ1) is 13.0. The maximum absolute atomic E-state index is 3.56. The van der Waals surface area contributed by atoms with Crippen molar-refractivity contribution in [2.45, 2.75) is 58.2 Å². The van der Waals surface area contributed by atoms with Gasteiger partial charge in [0, 0.05) is 30.9 Å². The summed E-state index contributed by atoms with van der Waals surface area (Å²) in [4.78, 5) is 2.69. The number of hydrogen-bond acceptors (Lipinski definition) is 2. The molecule has 2 nitrogen and oxygen atoms in total. The molecule has 2 heteroatoms. The Labute approximate surface area is 117 Å². The van der Waals surface area contributed by atoms with E-state index in [9.17, 15) is 0 Å². The van der Waals surface area contributed by atoms with Crippen molar-refractivity contribution in [1.29, 1.82) is 0 Å². The first-order valence-corrected chi connectivity index (χ1v) is 7.82. The van der Waals surface area contributed by atoms with Gasteiger partial charge in [0.05, 0.1) is 0 Å². The predicted octanol–water partition coefficient (Wildman–Crippen LogP) is 3.56. The summed E-state index contributed by atoms with van der Waals surface area (Å²) in [5.41, 5.74) is 2.94. The Bertz CT molecular complexity index is 419. The van der Waals surface area contributed by atoms with Crippen molar-refractivity contribution >= 4 is 5.69 Å². The molecular formula is C17H26N2. The van der Waals surface area contributed by atoms with Gasteiger partial charge < -0.3 is 10.2 Å². The third kappa shape index (κ3) is 3.50. The molecule has 0 bridgehead atoms. The monoisotopic (exact) mass is 258 g/mol. The van der Waals surface area contributed by atoms with E-state index in [2.05, 4.69) is 48.3 Å². The molecule has 0 unspecified atom stereocenters. The number of rotatable bonds is 7. The van der Waals surface area contributed by atoms with Crippen molar-refractivity contribution in [2.75, 3.05) is 11.4 Å². The molecule has 0 spiro atoms. The molecule has 0 heterocycles. The molecule has 1 N–H and O–H groups in total. The van der Waals surface area contributed by atoms with Gasteiger partial charge in [-0.05, 0) is 43.2 Å². The number of benzene rings is 1. The molecular weight excluding hydrogens is 232 g/mol. The van der Waals surface area contributed by atoms with Crippen LogP contribution in [0.4, 0.5) is 5.69 Å². The molecule has 0 amide bonds. The average Bonchev–Trinajstić information content (AvgIpc) is 3.27. The highest BCUT2D eigenvalue weighted by atomic mass is 15.2. The molecule has 0 atom stereocenters. The Kier molecular flexibility index (Phi) is 3.79. The number of anilines is 1. The molecule has 0 saturated heterocycles. The SMILES string of the molecule is CC(C)NCc1ccccc1N(CC1CC1)C1CC1. The quantitative estimate of drug-likeness (QED) is 0.804. The molecule has 2 fully saturated rings. The van der Waals surface area contributed by atoms with Crippen molar-refractivity contribution < 1.29 is 0 Å². The molecule has 0 aliphatic heterocycles. The molecule has 104 valence electrons. The fourth-order valence-corrected chi connectivity index (χ4v) is 2.66. The maximum atomic E-state index is 3.56. The molecule has 0 radical (unpaired) electrons. The van der Waals surface area contributed by atoms with Crippen LogP contribution in [0.1, 0.15) is 45.1 Å². The lowest BCUT2D eigenvalue weighted by Gasteiger charge is -2.27. The van der Waals surface area contributed by atoms with Crippen LogP contribution in [0.25, 0.3) is 0 Å². The highest BCUT2D eigenvalue weighted by molar-refractivity contribution is 5.55. The zero-order valence-corrected chi connectivity index (χ0v) is 12.2. The molecule has 2 saturated carbocycles. The summed E-state index contributed by atoms with van der Waals surface area (Å²) in [5, 5.41) is 3.56. The summed E-state index contributed by atoms with van der Waals surface area (Å²) < 4.78 is 0. The third-order valence-corrected chi connectivity index (χ3v) is 4.14. The summed E-state index contributed by atoms with van der Waals surface area (Å²) in [6, 6.07) is 10.3. The van der Waals surface area contributed by atoms with E-state index in [1.54, 1.807) is 0 Å². The van der Waals surface area contributed by atoms with Gasteiger partial charge in [-0.2, -0.15) is 0 Å². The van der Waals surface area contributed by atoms with E-state index in [4.69, 9.17) is 0 Å². The standard InChI is InChI=1S/C17H26N2/c1-13(2)18-11-15-5-3-4-6-17(15)19(16-9-10-16)12-14-7-8-14/h3-6,13-14,16,18H,7-12H2,1-2H3. The summed E-state index contributed by atoms with van der Waals surface area (Å²) in [7, 11) is 0. The minimum Gasteiger partial charge on any atom is -0.368 e. The van der Waals surface area contributed by atoms with Gasteiger partial charge in [-0.15, -0.1) is 0 Å². The number of nitrogens with one attached hydrogen (secondary N) is 1. The molecule has 1 aromatic rings. The smallest absolute Gasteiger partial charge is 0.0414 e. The van der Waals surface area contributed by atoms with Crippen molar-refractivity contribution in [3.63, 3.8) is 0 Å². The second-order valence-electron chi connectivity index (χ2n) is 6.49. The van der Waals surface area contributed by atoms with Crippen molar-refractivity contribution in [2.24, 2.45) is 5.92 Å². The topological polar surface area (TPSA) is 15.3 Å². The molecule has 19 heavy (non-hydrogen) atoms. The van der Waals surface area contributed by atoms with Crippen LogP contribution in [0, 0.1) is 5.92 Å². The van der Waals surface area contributed by atoms with Crippen molar-refractivity contribution in [1.82, 2.24) is 5.32 Å². The minimum atomic E-state index is 0.547. The van der Waals surface area contributed by atoms with Crippen molar-refractivity contribution in [3.05, 3.63) is 29.8 Å². The lowest BCUT2D eigenvalue weighted by Crippen LogP contribution is -2.30. The van der Waals surface area contributed by atoms with Gasteiger partial charge in [0.15, 0.2) is 0 Å². The lowest BCUT2D eigenvalue weighted by atomic mass is 10.1. The summed E-state index contributed by atoms with van der Waals surface area (Å²) in [5.74, 6) is 0.965. The zero-order valence-electron chi connectivity index (χ0n) is 12.2. The summed E-state index contributed by atoms with van der Waals surface area (Å²) >= 11 is 0. The van der Waals surface area contributed by atoms with Gasteiger partial charge in [-0.25, -0.2) is 0 Å². The Morgan fingerprint density at radius 2 is 1.89 bits per heavy atom. The normalized spacial score (nSPS) is 18.9. The Morgan fingerprint density at radius 3 is 2.53 bits per heavy atom. The van der Waals surface area contributed by atoms with Gasteiger partial charge in [0.25, 0.3) is 0 Å². The molecule has 3 rings (SSSR count). The Morgan fingerprint density at radius 1 is 1.16 bits per heavy atom. The van der Waals surface area contributed by atoms with Gasteiger partial charge in [0.2, 0.25) is 0 Å². The molecule has 2 aliphatic rings. The second kappa shape index (κ2) is 5.54. The highest BCUT2D eigenvalue weighted by Crippen LogP contribution is 2.38. The zero-order chi connectivity index (χ0) is 13.2. The molecule has 2 aliphatic carbocycles. The Balaban J connectivity index is 1.76. The lowest BCUT2D eigenvalue weighted by molar-refractivity contribution is 0.586. The largest absolute Gasteiger partial charge is 0.368 e. The molecule has 1 aromatic carbocycles. The van der Waals surface area contributed by atoms with E-state index in [0.717, 1.165) is 18.5 Å². The van der Waals surface area contributed by atoms with Gasteiger partial charge >= 0.3 is 0 Å². The van der Waals surface area contributed by atoms with Gasteiger partial charge in [-0.3, -0.25) is 0 Å². The van der Waals surface area contributed by atoms with E-state index in [1.807, 2.05) is 0 Å². The first-order valence-electron chi connectivity index (χ1n) is 7.82. The highest BCUT2D eigenvalue weighted by Gasteiger charge is 2.34. The summed E-state index contributed by atoms with van der Waals surface area (Å²) in [6.07, 6.45) is 5.66. The third-order valence-electron chi connectivity index (χ3n) is 4.14. The van der Waals surface area contributed by atoms with Crippen LogP contribution in [0.15, 0.2) is 24.3 Å². The second-order valence-corrected chi connectivity index (χ2v) is 6.49. The van der Waals surface area contributed by atoms with Crippen LogP contribution in [0.2, 0.25) is 0 Å². The van der Waals surface area contributed by atoms with E-state index in [0.29, 0.717) is 6.04 Å². The van der Waals surface area contributed by atoms with Crippen LogP contribution < -0.4 is 10.2 Å². The average molecular weight is 258 g/mol. The maximum Gasteiger partial charge on any atom is 0.0414 e. The van der Waals surface area contributed by atoms with E-state index < -0.39 is 0 Å². The van der Waals surface area contributed by atoms with Gasteiger partial charge in [-0.1, -0.05) is 32.0 Å². The number of hydrogen-bond donors (Lipinski definition) is 1. The predicted molar refractivity (Wildman–Crippen MR) is 81.5 cm³/mol. The van der Waals surface area contributed by atoms with Crippen molar-refractivity contribution in [3.8, 4) is 0 Å². The van der Waals surface area contributed by atoms with E-state index in [1.165, 1.54) is 43.5 Å². The van der Waals surface area contributed by atoms with Crippen LogP contribution in [0.3, 0.4) is 0 Å². The number of para-hydroxylation sites is 1. The summed E-state index contributed by atoms with van der Waals surface area (Å²) in [6.45, 7) is 6.70. The van der Waals surface area contributed by atoms with Gasteiger partial charge in [0.1, 0.15) is 0 Å². The molecule has 0 aromatic heterocycles. The minimum absolute atomic E-state index is 0.547. The van der Waals surface area contributed by atoms with Crippen LogP contribution >= 0.6 is 0 Å². The van der Waals surface area contributed by atoms with E-state index >= 15 is 0 Å². The van der Waals surface area contributed by atoms with Crippen LogP contribution in [0.5, 0.6) is 0 Å². The van der Waals surface area contributed by atoms with Crippen LogP contribution in [-0.2, 0) is 6.54 Å². The Hall–Kier alpha value is -1.02. The van der Waals surface area contributed by atoms with E-state index in [-0.39, 0.29) is 0 Å². The fourth-order valence-electron chi connectivity index (χ4n) is 2.66. The van der Waals surface area contributed by atoms with Crippen LogP contribution in [-0.4, -0.2) is 18.6 Å². The number of nitrogens with zero attached hydrogens (tertiary/aromatic N) is 1. The fraction of sp³-hybridized carbons (Fsp3) is 0.647. The first-order chi connectivity index (χ1) is 9.24.